The maximum atomic E-state index is 12.3. The molecule has 0 saturated heterocycles. The van der Waals surface area contributed by atoms with E-state index in [1.165, 1.54) is 0 Å². The van der Waals surface area contributed by atoms with Crippen LogP contribution in [0.3, 0.4) is 0 Å². The molecule has 0 aliphatic carbocycles. The molecule has 0 radical (unpaired) electrons. The summed E-state index contributed by atoms with van der Waals surface area (Å²) in [7, 11) is 0. The number of carbonyl (C=O) groups excluding carboxylic acids is 1. The summed E-state index contributed by atoms with van der Waals surface area (Å²) in [5.41, 5.74) is 2.43. The van der Waals surface area contributed by atoms with Gasteiger partial charge < -0.3 is 0 Å². The van der Waals surface area contributed by atoms with E-state index in [0.29, 0.717) is 17.0 Å². The monoisotopic (exact) mass is 270 g/mol. The molecule has 0 unspecified atom stereocenters. The highest BCUT2D eigenvalue weighted by Gasteiger charge is 2.12. The van der Waals surface area contributed by atoms with E-state index in [1.807, 2.05) is 36.5 Å². The minimum atomic E-state index is 0.0588. The number of halogens is 1. The van der Waals surface area contributed by atoms with Gasteiger partial charge in [0.25, 0.3) is 0 Å². The van der Waals surface area contributed by atoms with Gasteiger partial charge in [-0.1, -0.05) is 29.8 Å². The van der Waals surface area contributed by atoms with Gasteiger partial charge in [0.2, 0.25) is 0 Å². The molecular formula is C15H11ClN2O. The molecule has 0 bridgehead atoms. The van der Waals surface area contributed by atoms with Gasteiger partial charge in [-0.05, 0) is 29.8 Å². The normalized spacial score (nSPS) is 10.8. The molecule has 0 spiro atoms. The molecule has 0 aliphatic heterocycles. The SMILES string of the molecule is O=C(Cc1ccc(Cl)cc1)c1cnn2ccccc12. The lowest BCUT2D eigenvalue weighted by Crippen LogP contribution is -2.03. The van der Waals surface area contributed by atoms with Crippen LogP contribution in [0.2, 0.25) is 5.02 Å². The number of carbonyl (C=O) groups is 1. The summed E-state index contributed by atoms with van der Waals surface area (Å²) in [4.78, 5) is 12.3. The van der Waals surface area contributed by atoms with Crippen LogP contribution in [0.25, 0.3) is 5.52 Å². The average Bonchev–Trinajstić information content (AvgIpc) is 2.85. The number of fused-ring (bicyclic) bond motifs is 1. The summed E-state index contributed by atoms with van der Waals surface area (Å²) in [5, 5.41) is 4.84. The molecule has 19 heavy (non-hydrogen) atoms. The fourth-order valence-electron chi connectivity index (χ4n) is 2.03. The summed E-state index contributed by atoms with van der Waals surface area (Å²) in [6.45, 7) is 0. The third kappa shape index (κ3) is 2.37. The van der Waals surface area contributed by atoms with Gasteiger partial charge in [-0.2, -0.15) is 5.10 Å². The number of hydrogen-bond donors (Lipinski definition) is 0. The third-order valence-corrected chi connectivity index (χ3v) is 3.26. The van der Waals surface area contributed by atoms with Gasteiger partial charge in [0.15, 0.2) is 5.78 Å². The predicted octanol–water partition coefficient (Wildman–Crippen LogP) is 3.41. The third-order valence-electron chi connectivity index (χ3n) is 3.00. The number of hydrogen-bond acceptors (Lipinski definition) is 2. The molecule has 3 aromatic rings. The van der Waals surface area contributed by atoms with E-state index >= 15 is 0 Å². The van der Waals surface area contributed by atoms with Crippen molar-refractivity contribution < 1.29 is 4.79 Å². The maximum absolute atomic E-state index is 12.3. The standard InChI is InChI=1S/C15H11ClN2O/c16-12-6-4-11(5-7-12)9-15(19)13-10-17-18-8-2-1-3-14(13)18/h1-8,10H,9H2. The first kappa shape index (κ1) is 11.9. The molecule has 0 aliphatic rings. The number of nitrogens with zero attached hydrogens (tertiary/aromatic N) is 2. The van der Waals surface area contributed by atoms with Crippen LogP contribution in [0.1, 0.15) is 15.9 Å². The Labute approximate surface area is 115 Å². The zero-order chi connectivity index (χ0) is 13.2. The van der Waals surface area contributed by atoms with Gasteiger partial charge in [-0.3, -0.25) is 4.79 Å². The van der Waals surface area contributed by atoms with Gasteiger partial charge in [0.1, 0.15) is 0 Å². The van der Waals surface area contributed by atoms with E-state index in [2.05, 4.69) is 5.10 Å². The molecular weight excluding hydrogens is 260 g/mol. The van der Waals surface area contributed by atoms with E-state index in [0.717, 1.165) is 11.1 Å². The van der Waals surface area contributed by atoms with Crippen molar-refractivity contribution >= 4 is 22.9 Å². The molecule has 2 heterocycles. The van der Waals surface area contributed by atoms with Gasteiger partial charge in [0, 0.05) is 17.6 Å². The molecule has 2 aromatic heterocycles. The average molecular weight is 271 g/mol. The fraction of sp³-hybridized carbons (Fsp3) is 0.0667. The molecule has 0 N–H and O–H groups in total. The van der Waals surface area contributed by atoms with Crippen molar-refractivity contribution in [1.82, 2.24) is 9.61 Å². The maximum Gasteiger partial charge on any atom is 0.171 e. The van der Waals surface area contributed by atoms with Crippen LogP contribution in [0.4, 0.5) is 0 Å². The second-order valence-corrected chi connectivity index (χ2v) is 4.75. The van der Waals surface area contributed by atoms with Crippen LogP contribution in [-0.4, -0.2) is 15.4 Å². The van der Waals surface area contributed by atoms with Crippen molar-refractivity contribution in [3.05, 3.63) is 71.0 Å². The Morgan fingerprint density at radius 2 is 1.95 bits per heavy atom. The Kier molecular flexibility index (Phi) is 3.05. The Morgan fingerprint density at radius 3 is 2.74 bits per heavy atom. The topological polar surface area (TPSA) is 34.4 Å². The number of aromatic nitrogens is 2. The van der Waals surface area contributed by atoms with Crippen molar-refractivity contribution in [1.29, 1.82) is 0 Å². The summed E-state index contributed by atoms with van der Waals surface area (Å²) < 4.78 is 1.70. The number of benzene rings is 1. The van der Waals surface area contributed by atoms with Crippen LogP contribution < -0.4 is 0 Å². The molecule has 4 heteroatoms. The summed E-state index contributed by atoms with van der Waals surface area (Å²) in [6.07, 6.45) is 3.80. The van der Waals surface area contributed by atoms with Crippen LogP contribution in [0.5, 0.6) is 0 Å². The van der Waals surface area contributed by atoms with Crippen molar-refractivity contribution in [2.45, 2.75) is 6.42 Å². The van der Waals surface area contributed by atoms with Gasteiger partial charge in [-0.25, -0.2) is 4.52 Å². The lowest BCUT2D eigenvalue weighted by Gasteiger charge is -2.00. The zero-order valence-electron chi connectivity index (χ0n) is 10.1. The Hall–Kier alpha value is -2.13. The van der Waals surface area contributed by atoms with Crippen molar-refractivity contribution in [3.8, 4) is 0 Å². The first-order chi connectivity index (χ1) is 9.24. The minimum absolute atomic E-state index is 0.0588. The lowest BCUT2D eigenvalue weighted by molar-refractivity contribution is 0.0994. The van der Waals surface area contributed by atoms with Gasteiger partial charge >= 0.3 is 0 Å². The first-order valence-electron chi connectivity index (χ1n) is 5.94. The highest BCUT2D eigenvalue weighted by Crippen LogP contribution is 2.15. The quantitative estimate of drug-likeness (QED) is 0.684. The molecule has 1 aromatic carbocycles. The minimum Gasteiger partial charge on any atom is -0.294 e. The molecule has 3 rings (SSSR count). The lowest BCUT2D eigenvalue weighted by atomic mass is 10.0. The summed E-state index contributed by atoms with van der Waals surface area (Å²) >= 11 is 5.83. The first-order valence-corrected chi connectivity index (χ1v) is 6.32. The number of ketones is 1. The van der Waals surface area contributed by atoms with Gasteiger partial charge in [0.05, 0.1) is 17.3 Å². The Balaban J connectivity index is 1.90. The second kappa shape index (κ2) is 4.86. The van der Waals surface area contributed by atoms with Crippen LogP contribution in [-0.2, 0) is 6.42 Å². The Morgan fingerprint density at radius 1 is 1.16 bits per heavy atom. The fourth-order valence-corrected chi connectivity index (χ4v) is 2.16. The largest absolute Gasteiger partial charge is 0.294 e. The van der Waals surface area contributed by atoms with Crippen LogP contribution >= 0.6 is 11.6 Å². The summed E-state index contributed by atoms with van der Waals surface area (Å²) in [5.74, 6) is 0.0588. The van der Waals surface area contributed by atoms with E-state index in [-0.39, 0.29) is 5.78 Å². The Bertz CT molecular complexity index is 731. The van der Waals surface area contributed by atoms with Crippen molar-refractivity contribution in [2.24, 2.45) is 0 Å². The number of Topliss-reactive ketones (excluding diaryl/α,β-unsaturated/α-hetero) is 1. The van der Waals surface area contributed by atoms with Crippen LogP contribution in [0, 0.1) is 0 Å². The van der Waals surface area contributed by atoms with E-state index in [4.69, 9.17) is 11.6 Å². The predicted molar refractivity (Wildman–Crippen MR) is 74.7 cm³/mol. The molecule has 0 saturated carbocycles. The number of pyridine rings is 1. The van der Waals surface area contributed by atoms with Crippen molar-refractivity contribution in [2.75, 3.05) is 0 Å². The highest BCUT2D eigenvalue weighted by atomic mass is 35.5. The van der Waals surface area contributed by atoms with Crippen molar-refractivity contribution in [3.63, 3.8) is 0 Å². The number of rotatable bonds is 3. The van der Waals surface area contributed by atoms with Gasteiger partial charge in [-0.15, -0.1) is 0 Å². The highest BCUT2D eigenvalue weighted by molar-refractivity contribution is 6.30. The molecule has 0 amide bonds. The molecule has 3 nitrogen and oxygen atoms in total. The second-order valence-electron chi connectivity index (χ2n) is 4.32. The molecule has 94 valence electrons. The molecule has 0 fully saturated rings. The van der Waals surface area contributed by atoms with E-state index < -0.39 is 0 Å². The smallest absolute Gasteiger partial charge is 0.171 e. The zero-order valence-corrected chi connectivity index (χ0v) is 10.8. The van der Waals surface area contributed by atoms with E-state index in [9.17, 15) is 4.79 Å². The molecule has 0 atom stereocenters. The van der Waals surface area contributed by atoms with E-state index in [1.54, 1.807) is 22.8 Å². The summed E-state index contributed by atoms with van der Waals surface area (Å²) in [6, 6.07) is 13.0. The van der Waals surface area contributed by atoms with Crippen LogP contribution in [0.15, 0.2) is 54.9 Å².